The summed E-state index contributed by atoms with van der Waals surface area (Å²) >= 11 is 0. The molecule has 2 heterocycles. The van der Waals surface area contributed by atoms with Crippen LogP contribution < -0.4 is 22.1 Å². The second-order valence-electron chi connectivity index (χ2n) is 6.82. The Labute approximate surface area is 163 Å². The topological polar surface area (TPSA) is 119 Å². The van der Waals surface area contributed by atoms with Crippen LogP contribution >= 0.6 is 0 Å². The Morgan fingerprint density at radius 3 is 2.89 bits per heavy atom. The van der Waals surface area contributed by atoms with Gasteiger partial charge in [0.25, 0.3) is 0 Å². The summed E-state index contributed by atoms with van der Waals surface area (Å²) in [5.74, 6) is 0.381. The minimum atomic E-state index is -0.0742. The third-order valence-electron chi connectivity index (χ3n) is 4.64. The fourth-order valence-electron chi connectivity index (χ4n) is 3.30. The molecule has 0 atom stereocenters. The lowest BCUT2D eigenvalue weighted by Gasteiger charge is -2.12. The highest BCUT2D eigenvalue weighted by Gasteiger charge is 2.21. The molecule has 0 aliphatic carbocycles. The second-order valence-corrected chi connectivity index (χ2v) is 6.82. The van der Waals surface area contributed by atoms with Crippen LogP contribution in [0.1, 0.15) is 17.5 Å². The molecule has 0 unspecified atom stereocenters. The summed E-state index contributed by atoms with van der Waals surface area (Å²) in [7, 11) is 0. The largest absolute Gasteiger partial charge is 0.399 e. The molecule has 2 aromatic carbocycles. The van der Waals surface area contributed by atoms with E-state index in [1.54, 1.807) is 6.20 Å². The molecule has 1 aliphatic heterocycles. The van der Waals surface area contributed by atoms with E-state index in [-0.39, 0.29) is 12.3 Å². The number of hydrogen-bond acceptors (Lipinski definition) is 6. The summed E-state index contributed by atoms with van der Waals surface area (Å²) < 4.78 is 0. The van der Waals surface area contributed by atoms with Gasteiger partial charge in [0, 0.05) is 28.7 Å². The normalized spacial score (nSPS) is 12.5. The summed E-state index contributed by atoms with van der Waals surface area (Å²) in [6.07, 6.45) is 3.73. The number of hydrogen-bond donors (Lipinski definition) is 4. The van der Waals surface area contributed by atoms with Gasteiger partial charge in [-0.2, -0.15) is 0 Å². The van der Waals surface area contributed by atoms with Crippen LogP contribution in [-0.4, -0.2) is 22.4 Å². The van der Waals surface area contributed by atoms with Crippen LogP contribution in [0.15, 0.2) is 48.7 Å². The summed E-state index contributed by atoms with van der Waals surface area (Å²) in [4.78, 5) is 21.4. The third-order valence-corrected chi connectivity index (χ3v) is 4.64. The third kappa shape index (κ3) is 3.79. The Kier molecular flexibility index (Phi) is 4.90. The van der Waals surface area contributed by atoms with E-state index in [0.29, 0.717) is 18.2 Å². The monoisotopic (exact) mass is 374 g/mol. The molecule has 1 aromatic heterocycles. The van der Waals surface area contributed by atoms with Crippen molar-refractivity contribution in [2.75, 3.05) is 22.9 Å². The molecule has 7 nitrogen and oxygen atoms in total. The molecule has 0 radical (unpaired) electrons. The van der Waals surface area contributed by atoms with Gasteiger partial charge in [0.15, 0.2) is 0 Å². The van der Waals surface area contributed by atoms with E-state index in [2.05, 4.69) is 21.7 Å². The number of carbonyl (C=O) groups excluding carboxylic acids is 1. The van der Waals surface area contributed by atoms with Crippen molar-refractivity contribution in [3.05, 3.63) is 59.8 Å². The number of carbonyl (C=O) groups is 1. The lowest BCUT2D eigenvalue weighted by Crippen LogP contribution is -2.12. The molecule has 142 valence electrons. The molecule has 1 amide bonds. The fourth-order valence-corrected chi connectivity index (χ4v) is 3.30. The Morgan fingerprint density at radius 1 is 1.18 bits per heavy atom. The van der Waals surface area contributed by atoms with Crippen LogP contribution in [0.5, 0.6) is 0 Å². The van der Waals surface area contributed by atoms with Crippen molar-refractivity contribution in [3.8, 4) is 11.3 Å². The number of nitrogen functional groups attached to an aromatic ring is 1. The van der Waals surface area contributed by atoms with Gasteiger partial charge in [0.05, 0.1) is 17.8 Å². The number of benzene rings is 2. The Hall–Kier alpha value is -3.45. The zero-order chi connectivity index (χ0) is 19.5. The average Bonchev–Trinajstić information content (AvgIpc) is 2.81. The van der Waals surface area contributed by atoms with Crippen molar-refractivity contribution in [3.63, 3.8) is 0 Å². The minimum absolute atomic E-state index is 0.0742. The molecule has 3 aromatic rings. The highest BCUT2D eigenvalue weighted by atomic mass is 16.1. The molecule has 28 heavy (non-hydrogen) atoms. The summed E-state index contributed by atoms with van der Waals surface area (Å²) in [6, 6.07) is 13.4. The van der Waals surface area contributed by atoms with E-state index >= 15 is 0 Å². The predicted octanol–water partition coefficient (Wildman–Crippen LogP) is 2.86. The van der Waals surface area contributed by atoms with Gasteiger partial charge in [0.2, 0.25) is 11.9 Å². The molecule has 0 spiro atoms. The van der Waals surface area contributed by atoms with Crippen molar-refractivity contribution in [1.29, 1.82) is 0 Å². The first-order valence-corrected chi connectivity index (χ1v) is 9.24. The number of fused-ring (bicyclic) bond motifs is 3. The van der Waals surface area contributed by atoms with E-state index in [0.717, 1.165) is 46.6 Å². The van der Waals surface area contributed by atoms with E-state index in [9.17, 15) is 4.79 Å². The fraction of sp³-hybridized carbons (Fsp3) is 0.190. The van der Waals surface area contributed by atoms with Gasteiger partial charge in [-0.1, -0.05) is 12.1 Å². The SMILES string of the molecule is NCCCc1ccc2c(c1)-c1nc(Nc3cccc(N)c3)ncc1CC(=O)N2. The van der Waals surface area contributed by atoms with Crippen LogP contribution in [0.4, 0.5) is 23.0 Å². The van der Waals surface area contributed by atoms with Gasteiger partial charge in [-0.3, -0.25) is 4.79 Å². The molecular weight excluding hydrogens is 352 g/mol. The van der Waals surface area contributed by atoms with Crippen LogP contribution in [0, 0.1) is 0 Å². The molecule has 6 N–H and O–H groups in total. The highest BCUT2D eigenvalue weighted by Crippen LogP contribution is 2.34. The van der Waals surface area contributed by atoms with E-state index in [1.165, 1.54) is 0 Å². The van der Waals surface area contributed by atoms with Crippen LogP contribution in [-0.2, 0) is 17.6 Å². The lowest BCUT2D eigenvalue weighted by molar-refractivity contribution is -0.115. The predicted molar refractivity (Wildman–Crippen MR) is 111 cm³/mol. The number of amides is 1. The quantitative estimate of drug-likeness (QED) is 0.510. The van der Waals surface area contributed by atoms with Crippen molar-refractivity contribution in [1.82, 2.24) is 9.97 Å². The van der Waals surface area contributed by atoms with E-state index < -0.39 is 0 Å². The lowest BCUT2D eigenvalue weighted by atomic mass is 10.0. The number of nitrogens with zero attached hydrogens (tertiary/aromatic N) is 2. The molecule has 0 fully saturated rings. The average molecular weight is 374 g/mol. The maximum Gasteiger partial charge on any atom is 0.228 e. The number of aromatic nitrogens is 2. The first kappa shape index (κ1) is 17.9. The Bertz CT molecular complexity index is 1030. The molecule has 4 rings (SSSR count). The minimum Gasteiger partial charge on any atom is -0.399 e. The standard InChI is InChI=1S/C21H22N6O/c22-8-2-3-13-6-7-18-17(9-13)20-14(10-19(28)26-18)12-24-21(27-20)25-16-5-1-4-15(23)11-16/h1,4-7,9,11-12H,2-3,8,10,22-23H2,(H,26,28)(H,24,25,27). The molecule has 7 heteroatoms. The van der Waals surface area contributed by atoms with Gasteiger partial charge >= 0.3 is 0 Å². The molecule has 0 saturated carbocycles. The maximum absolute atomic E-state index is 12.3. The summed E-state index contributed by atoms with van der Waals surface area (Å²) in [5.41, 5.74) is 17.3. The van der Waals surface area contributed by atoms with E-state index in [4.69, 9.17) is 16.5 Å². The van der Waals surface area contributed by atoms with Crippen LogP contribution in [0.25, 0.3) is 11.3 Å². The first-order valence-electron chi connectivity index (χ1n) is 9.24. The Morgan fingerprint density at radius 2 is 2.07 bits per heavy atom. The molecule has 0 saturated heterocycles. The number of anilines is 4. The van der Waals surface area contributed by atoms with E-state index in [1.807, 2.05) is 36.4 Å². The maximum atomic E-state index is 12.3. The number of aryl methyl sites for hydroxylation is 1. The smallest absolute Gasteiger partial charge is 0.228 e. The van der Waals surface area contributed by atoms with Crippen molar-refractivity contribution in [2.24, 2.45) is 5.73 Å². The summed E-state index contributed by atoms with van der Waals surface area (Å²) in [6.45, 7) is 0.640. The first-order chi connectivity index (χ1) is 13.6. The number of rotatable bonds is 5. The number of nitrogens with two attached hydrogens (primary N) is 2. The number of nitrogens with one attached hydrogen (secondary N) is 2. The van der Waals surface area contributed by atoms with Crippen molar-refractivity contribution < 1.29 is 4.79 Å². The zero-order valence-electron chi connectivity index (χ0n) is 15.4. The highest BCUT2D eigenvalue weighted by molar-refractivity contribution is 6.00. The van der Waals surface area contributed by atoms with Gasteiger partial charge in [-0.25, -0.2) is 9.97 Å². The van der Waals surface area contributed by atoms with Crippen molar-refractivity contribution in [2.45, 2.75) is 19.3 Å². The zero-order valence-corrected chi connectivity index (χ0v) is 15.4. The van der Waals surface area contributed by atoms with Gasteiger partial charge in [-0.15, -0.1) is 0 Å². The molecular formula is C21H22N6O. The van der Waals surface area contributed by atoms with Crippen molar-refractivity contribution >= 4 is 28.9 Å². The van der Waals surface area contributed by atoms with Gasteiger partial charge in [-0.05, 0) is 55.3 Å². The molecule has 1 aliphatic rings. The Balaban J connectivity index is 1.75. The molecule has 0 bridgehead atoms. The van der Waals surface area contributed by atoms with Gasteiger partial charge < -0.3 is 22.1 Å². The van der Waals surface area contributed by atoms with Gasteiger partial charge in [0.1, 0.15) is 0 Å². The second kappa shape index (κ2) is 7.66. The van der Waals surface area contributed by atoms with Crippen LogP contribution in [0.3, 0.4) is 0 Å². The summed E-state index contributed by atoms with van der Waals surface area (Å²) in [5, 5.41) is 6.14. The van der Waals surface area contributed by atoms with Crippen LogP contribution in [0.2, 0.25) is 0 Å².